The number of ether oxygens (including phenoxy) is 1. The Balaban J connectivity index is 1.63. The van der Waals surface area contributed by atoms with Gasteiger partial charge in [-0.2, -0.15) is 0 Å². The number of hydrogen-bond acceptors (Lipinski definition) is 2. The first-order valence-electron chi connectivity index (χ1n) is 8.09. The molecule has 0 radical (unpaired) electrons. The van der Waals surface area contributed by atoms with Gasteiger partial charge in [0.1, 0.15) is 0 Å². The lowest BCUT2D eigenvalue weighted by atomic mass is 10.0. The van der Waals surface area contributed by atoms with E-state index in [1.165, 1.54) is 5.56 Å². The maximum atomic E-state index is 12.7. The first-order valence-corrected chi connectivity index (χ1v) is 8.09. The van der Waals surface area contributed by atoms with Gasteiger partial charge in [-0.05, 0) is 35.4 Å². The molecule has 3 aromatic rings. The number of nitrogens with zero attached hydrogens (tertiary/aromatic N) is 1. The zero-order chi connectivity index (χ0) is 15.6. The summed E-state index contributed by atoms with van der Waals surface area (Å²) in [5, 5.41) is 1.14. The Morgan fingerprint density at radius 3 is 2.74 bits per heavy atom. The molecule has 1 aliphatic heterocycles. The number of rotatable bonds is 4. The molecule has 0 N–H and O–H groups in total. The second kappa shape index (κ2) is 6.01. The molecule has 0 bridgehead atoms. The summed E-state index contributed by atoms with van der Waals surface area (Å²) in [4.78, 5) is 12.7. The second-order valence-electron chi connectivity index (χ2n) is 6.06. The second-order valence-corrected chi connectivity index (χ2v) is 6.06. The molecule has 2 aromatic carbocycles. The normalized spacial score (nSPS) is 13.4. The van der Waals surface area contributed by atoms with Crippen molar-refractivity contribution in [2.45, 2.75) is 32.6 Å². The molecular formula is C20H19NO2. The number of para-hydroxylation sites is 1. The van der Waals surface area contributed by atoms with Crippen molar-refractivity contribution in [1.29, 1.82) is 0 Å². The highest BCUT2D eigenvalue weighted by molar-refractivity contribution is 5.83. The number of hydrogen-bond donors (Lipinski definition) is 0. The third-order valence-corrected chi connectivity index (χ3v) is 4.47. The molecule has 1 aromatic heterocycles. The highest BCUT2D eigenvalue weighted by Gasteiger charge is 2.15. The summed E-state index contributed by atoms with van der Waals surface area (Å²) in [6.45, 7) is 1.69. The molecule has 116 valence electrons. The van der Waals surface area contributed by atoms with Gasteiger partial charge in [0.2, 0.25) is 0 Å². The topological polar surface area (TPSA) is 31.2 Å². The van der Waals surface area contributed by atoms with Crippen molar-refractivity contribution in [3.63, 3.8) is 0 Å². The maximum Gasteiger partial charge on any atom is 0.256 e. The molecule has 0 aliphatic carbocycles. The van der Waals surface area contributed by atoms with Gasteiger partial charge in [0.15, 0.2) is 0 Å². The average Bonchev–Trinajstić information content (AvgIpc) is 2.60. The van der Waals surface area contributed by atoms with Gasteiger partial charge in [-0.3, -0.25) is 4.79 Å². The molecule has 0 unspecified atom stereocenters. The van der Waals surface area contributed by atoms with E-state index < -0.39 is 0 Å². The Morgan fingerprint density at radius 2 is 1.87 bits per heavy atom. The summed E-state index contributed by atoms with van der Waals surface area (Å²) in [6.07, 6.45) is 2.08. The van der Waals surface area contributed by atoms with Crippen LogP contribution in [0.1, 0.15) is 23.1 Å². The molecular weight excluding hydrogens is 286 g/mol. The summed E-state index contributed by atoms with van der Waals surface area (Å²) in [6, 6.07) is 18.3. The van der Waals surface area contributed by atoms with Crippen LogP contribution in [0.15, 0.2) is 59.4 Å². The number of aromatic nitrogens is 1. The zero-order valence-electron chi connectivity index (χ0n) is 13.0. The third kappa shape index (κ3) is 2.68. The van der Waals surface area contributed by atoms with Crippen molar-refractivity contribution >= 4 is 10.9 Å². The minimum absolute atomic E-state index is 0.0951. The first kappa shape index (κ1) is 14.2. The number of benzene rings is 2. The lowest BCUT2D eigenvalue weighted by Crippen LogP contribution is -2.27. The molecule has 23 heavy (non-hydrogen) atoms. The highest BCUT2D eigenvalue weighted by atomic mass is 16.5. The number of pyridine rings is 1. The summed E-state index contributed by atoms with van der Waals surface area (Å²) in [5.74, 6) is 0. The van der Waals surface area contributed by atoms with Crippen LogP contribution in [0.4, 0.5) is 0 Å². The fourth-order valence-corrected chi connectivity index (χ4v) is 3.38. The Morgan fingerprint density at radius 1 is 1.00 bits per heavy atom. The van der Waals surface area contributed by atoms with Gasteiger partial charge >= 0.3 is 0 Å². The van der Waals surface area contributed by atoms with Crippen molar-refractivity contribution < 1.29 is 4.74 Å². The molecule has 0 fully saturated rings. The SMILES string of the molecule is O=c1c(COCc2ccccc2)cc2cccc3c2n1CCC3. The van der Waals surface area contributed by atoms with E-state index in [2.05, 4.69) is 18.2 Å². The van der Waals surface area contributed by atoms with Crippen LogP contribution in [0.25, 0.3) is 10.9 Å². The minimum Gasteiger partial charge on any atom is -0.372 e. The molecule has 0 saturated carbocycles. The average molecular weight is 305 g/mol. The largest absolute Gasteiger partial charge is 0.372 e. The van der Waals surface area contributed by atoms with E-state index >= 15 is 0 Å². The fourth-order valence-electron chi connectivity index (χ4n) is 3.38. The van der Waals surface area contributed by atoms with E-state index in [4.69, 9.17) is 4.74 Å². The quantitative estimate of drug-likeness (QED) is 0.736. The predicted molar refractivity (Wildman–Crippen MR) is 91.5 cm³/mol. The maximum absolute atomic E-state index is 12.7. The number of aryl methyl sites for hydroxylation is 2. The lowest BCUT2D eigenvalue weighted by Gasteiger charge is -2.20. The van der Waals surface area contributed by atoms with Crippen LogP contribution in [0.5, 0.6) is 0 Å². The standard InChI is InChI=1S/C20H19NO2/c22-20-18(14-23-13-15-6-2-1-3-7-15)12-17-9-4-8-16-10-5-11-21(20)19(16)17/h1-4,6-9,12H,5,10-11,13-14H2. The van der Waals surface area contributed by atoms with Crippen LogP contribution in [0.2, 0.25) is 0 Å². The highest BCUT2D eigenvalue weighted by Crippen LogP contribution is 2.24. The van der Waals surface area contributed by atoms with Crippen molar-refractivity contribution in [3.05, 3.63) is 81.6 Å². The van der Waals surface area contributed by atoms with E-state index in [0.29, 0.717) is 13.2 Å². The fraction of sp³-hybridized carbons (Fsp3) is 0.250. The Bertz CT molecular complexity index is 897. The van der Waals surface area contributed by atoms with Crippen molar-refractivity contribution in [2.24, 2.45) is 0 Å². The van der Waals surface area contributed by atoms with Gasteiger partial charge in [-0.1, -0.05) is 48.5 Å². The van der Waals surface area contributed by atoms with Crippen molar-refractivity contribution in [2.75, 3.05) is 0 Å². The van der Waals surface area contributed by atoms with Crippen molar-refractivity contribution in [1.82, 2.24) is 4.57 Å². The summed E-state index contributed by atoms with van der Waals surface area (Å²) in [7, 11) is 0. The third-order valence-electron chi connectivity index (χ3n) is 4.47. The summed E-state index contributed by atoms with van der Waals surface area (Å²) < 4.78 is 7.70. The Hall–Kier alpha value is -2.39. The monoisotopic (exact) mass is 305 g/mol. The van der Waals surface area contributed by atoms with Crippen LogP contribution in [0, 0.1) is 0 Å². The van der Waals surface area contributed by atoms with Gasteiger partial charge in [0, 0.05) is 12.1 Å². The molecule has 3 heteroatoms. The van der Waals surface area contributed by atoms with Gasteiger partial charge < -0.3 is 9.30 Å². The summed E-state index contributed by atoms with van der Waals surface area (Å²) >= 11 is 0. The van der Waals surface area contributed by atoms with Crippen LogP contribution in [0.3, 0.4) is 0 Å². The Kier molecular flexibility index (Phi) is 3.72. The van der Waals surface area contributed by atoms with E-state index in [0.717, 1.165) is 41.4 Å². The van der Waals surface area contributed by atoms with E-state index in [1.807, 2.05) is 41.0 Å². The van der Waals surface area contributed by atoms with E-state index in [9.17, 15) is 4.79 Å². The Labute approximate surface area is 135 Å². The van der Waals surface area contributed by atoms with E-state index in [1.54, 1.807) is 0 Å². The molecule has 0 saturated heterocycles. The van der Waals surface area contributed by atoms with Gasteiger partial charge in [-0.25, -0.2) is 0 Å². The van der Waals surface area contributed by atoms with Crippen molar-refractivity contribution in [3.8, 4) is 0 Å². The molecule has 0 atom stereocenters. The molecule has 0 amide bonds. The first-order chi connectivity index (χ1) is 11.3. The van der Waals surface area contributed by atoms with Gasteiger partial charge in [-0.15, -0.1) is 0 Å². The zero-order valence-corrected chi connectivity index (χ0v) is 13.0. The summed E-state index contributed by atoms with van der Waals surface area (Å²) in [5.41, 5.74) is 4.35. The van der Waals surface area contributed by atoms with Crippen LogP contribution < -0.4 is 5.56 Å². The molecule has 3 nitrogen and oxygen atoms in total. The molecule has 0 spiro atoms. The molecule has 4 rings (SSSR count). The van der Waals surface area contributed by atoms with Gasteiger partial charge in [0.05, 0.1) is 18.7 Å². The lowest BCUT2D eigenvalue weighted by molar-refractivity contribution is 0.106. The van der Waals surface area contributed by atoms with Crippen LogP contribution in [-0.2, 0) is 30.9 Å². The van der Waals surface area contributed by atoms with Crippen LogP contribution in [-0.4, -0.2) is 4.57 Å². The van der Waals surface area contributed by atoms with Crippen LogP contribution >= 0.6 is 0 Å². The van der Waals surface area contributed by atoms with E-state index in [-0.39, 0.29) is 5.56 Å². The smallest absolute Gasteiger partial charge is 0.256 e. The molecule has 1 aliphatic rings. The van der Waals surface area contributed by atoms with Gasteiger partial charge in [0.25, 0.3) is 5.56 Å². The molecule has 2 heterocycles. The predicted octanol–water partition coefficient (Wildman–Crippen LogP) is 3.66. The minimum atomic E-state index is 0.0951.